The van der Waals surface area contributed by atoms with E-state index in [4.69, 9.17) is 0 Å². The van der Waals surface area contributed by atoms with Crippen LogP contribution in [0.15, 0.2) is 42.0 Å². The number of nitrogens with zero attached hydrogens (tertiary/aromatic N) is 2. The molecule has 1 aliphatic rings. The molecule has 4 heteroatoms. The van der Waals surface area contributed by atoms with Crippen molar-refractivity contribution in [3.63, 3.8) is 0 Å². The van der Waals surface area contributed by atoms with Gasteiger partial charge in [-0.15, -0.1) is 11.3 Å². The number of carbonyl (C=O) groups excluding carboxylic acids is 1. The third-order valence-corrected chi connectivity index (χ3v) is 5.27. The lowest BCUT2D eigenvalue weighted by Gasteiger charge is -2.36. The number of hydrogen-bond donors (Lipinski definition) is 0. The fourth-order valence-electron chi connectivity index (χ4n) is 3.17. The van der Waals surface area contributed by atoms with Crippen molar-refractivity contribution in [3.05, 3.63) is 52.5 Å². The molecule has 116 valence electrons. The second-order valence-electron chi connectivity index (χ2n) is 5.89. The molecule has 3 heterocycles. The number of carbonyl (C=O) groups is 1. The normalized spacial score (nSPS) is 18.4. The lowest BCUT2D eigenvalue weighted by molar-refractivity contribution is -0.134. The van der Waals surface area contributed by atoms with Crippen LogP contribution in [-0.4, -0.2) is 28.4 Å². The number of aryl methyl sites for hydroxylation is 1. The van der Waals surface area contributed by atoms with Crippen molar-refractivity contribution >= 4 is 17.2 Å². The zero-order valence-corrected chi connectivity index (χ0v) is 13.6. The van der Waals surface area contributed by atoms with Crippen LogP contribution in [0.4, 0.5) is 0 Å². The van der Waals surface area contributed by atoms with Gasteiger partial charge in [-0.25, -0.2) is 0 Å². The maximum atomic E-state index is 12.6. The van der Waals surface area contributed by atoms with Crippen LogP contribution in [0.2, 0.25) is 0 Å². The Bertz CT molecular complexity index is 582. The van der Waals surface area contributed by atoms with E-state index in [0.717, 1.165) is 37.8 Å². The number of thiophene rings is 1. The minimum Gasteiger partial charge on any atom is -0.339 e. The molecule has 0 radical (unpaired) electrons. The first-order valence-electron chi connectivity index (χ1n) is 8.03. The standard InChI is InChI=1S/C18H22N2OS/c21-18(13-15-5-3-10-19-14-15)20-11-2-1-6-16(20)8-9-17-7-4-12-22-17/h3-5,7,10,12,14,16H,1-2,6,8-9,11,13H2. The third kappa shape index (κ3) is 3.95. The van der Waals surface area contributed by atoms with Crippen LogP contribution >= 0.6 is 11.3 Å². The Morgan fingerprint density at radius 2 is 2.27 bits per heavy atom. The summed E-state index contributed by atoms with van der Waals surface area (Å²) in [5, 5.41) is 2.13. The summed E-state index contributed by atoms with van der Waals surface area (Å²) in [4.78, 5) is 20.3. The summed E-state index contributed by atoms with van der Waals surface area (Å²) in [6, 6.07) is 8.57. The summed E-state index contributed by atoms with van der Waals surface area (Å²) >= 11 is 1.81. The van der Waals surface area contributed by atoms with Crippen LogP contribution in [0, 0.1) is 0 Å². The number of hydrogen-bond acceptors (Lipinski definition) is 3. The van der Waals surface area contributed by atoms with Gasteiger partial charge in [-0.05, 0) is 55.2 Å². The quantitative estimate of drug-likeness (QED) is 0.843. The van der Waals surface area contributed by atoms with Gasteiger partial charge in [-0.3, -0.25) is 9.78 Å². The zero-order chi connectivity index (χ0) is 15.2. The first kappa shape index (κ1) is 15.2. The summed E-state index contributed by atoms with van der Waals surface area (Å²) in [5.41, 5.74) is 1.01. The highest BCUT2D eigenvalue weighted by Crippen LogP contribution is 2.23. The molecular weight excluding hydrogens is 292 g/mol. The summed E-state index contributed by atoms with van der Waals surface area (Å²) in [6.45, 7) is 0.911. The van der Waals surface area contributed by atoms with Gasteiger partial charge in [-0.2, -0.15) is 0 Å². The van der Waals surface area contributed by atoms with Crippen LogP contribution in [0.3, 0.4) is 0 Å². The average molecular weight is 314 g/mol. The van der Waals surface area contributed by atoms with E-state index in [0.29, 0.717) is 12.5 Å². The van der Waals surface area contributed by atoms with Crippen LogP contribution < -0.4 is 0 Å². The van der Waals surface area contributed by atoms with Crippen molar-refractivity contribution in [2.75, 3.05) is 6.54 Å². The molecule has 0 saturated carbocycles. The van der Waals surface area contributed by atoms with E-state index in [2.05, 4.69) is 27.4 Å². The van der Waals surface area contributed by atoms with Crippen LogP contribution in [-0.2, 0) is 17.6 Å². The minimum atomic E-state index is 0.254. The van der Waals surface area contributed by atoms with Gasteiger partial charge in [0.05, 0.1) is 6.42 Å². The molecular formula is C18H22N2OS. The summed E-state index contributed by atoms with van der Waals surface area (Å²) in [5.74, 6) is 0.254. The van der Waals surface area contributed by atoms with Crippen molar-refractivity contribution in [1.29, 1.82) is 0 Å². The second kappa shape index (κ2) is 7.54. The largest absolute Gasteiger partial charge is 0.339 e. The van der Waals surface area contributed by atoms with E-state index in [-0.39, 0.29) is 5.91 Å². The number of aromatic nitrogens is 1. The Labute approximate surface area is 136 Å². The zero-order valence-electron chi connectivity index (χ0n) is 12.8. The van der Waals surface area contributed by atoms with E-state index in [1.54, 1.807) is 12.4 Å². The molecule has 2 aromatic heterocycles. The maximum absolute atomic E-state index is 12.6. The van der Waals surface area contributed by atoms with Crippen molar-refractivity contribution < 1.29 is 4.79 Å². The Balaban J connectivity index is 1.60. The molecule has 0 N–H and O–H groups in total. The number of pyridine rings is 1. The van der Waals surface area contributed by atoms with Gasteiger partial charge in [0.15, 0.2) is 0 Å². The number of amides is 1. The molecule has 0 aliphatic carbocycles. The van der Waals surface area contributed by atoms with Gasteiger partial charge in [-0.1, -0.05) is 12.1 Å². The average Bonchev–Trinajstić information content (AvgIpc) is 3.07. The van der Waals surface area contributed by atoms with Crippen molar-refractivity contribution in [2.45, 2.75) is 44.6 Å². The Kier molecular flexibility index (Phi) is 5.22. The summed E-state index contributed by atoms with van der Waals surface area (Å²) in [7, 11) is 0. The van der Waals surface area contributed by atoms with Crippen LogP contribution in [0.5, 0.6) is 0 Å². The smallest absolute Gasteiger partial charge is 0.227 e. The minimum absolute atomic E-state index is 0.254. The molecule has 1 amide bonds. The van der Waals surface area contributed by atoms with Gasteiger partial charge in [0, 0.05) is 29.9 Å². The van der Waals surface area contributed by atoms with Crippen LogP contribution in [0.1, 0.15) is 36.1 Å². The summed E-state index contributed by atoms with van der Waals surface area (Å²) in [6.07, 6.45) is 9.70. The van der Waals surface area contributed by atoms with Gasteiger partial charge >= 0.3 is 0 Å². The van der Waals surface area contributed by atoms with E-state index in [1.807, 2.05) is 23.5 Å². The lowest BCUT2D eigenvalue weighted by atomic mass is 9.96. The van der Waals surface area contributed by atoms with Crippen molar-refractivity contribution in [2.24, 2.45) is 0 Å². The van der Waals surface area contributed by atoms with Crippen molar-refractivity contribution in [3.8, 4) is 0 Å². The first-order chi connectivity index (χ1) is 10.8. The third-order valence-electron chi connectivity index (χ3n) is 4.33. The molecule has 3 nitrogen and oxygen atoms in total. The van der Waals surface area contributed by atoms with E-state index in [1.165, 1.54) is 11.3 Å². The monoisotopic (exact) mass is 314 g/mol. The van der Waals surface area contributed by atoms with Crippen LogP contribution in [0.25, 0.3) is 0 Å². The van der Waals surface area contributed by atoms with E-state index in [9.17, 15) is 4.79 Å². The molecule has 1 aliphatic heterocycles. The highest BCUT2D eigenvalue weighted by atomic mass is 32.1. The molecule has 1 atom stereocenters. The molecule has 3 rings (SSSR count). The predicted octanol–water partition coefficient (Wildman–Crippen LogP) is 3.70. The highest BCUT2D eigenvalue weighted by molar-refractivity contribution is 7.09. The molecule has 22 heavy (non-hydrogen) atoms. The molecule has 0 spiro atoms. The topological polar surface area (TPSA) is 33.2 Å². The summed E-state index contributed by atoms with van der Waals surface area (Å²) < 4.78 is 0. The Hall–Kier alpha value is -1.68. The number of piperidine rings is 1. The molecule has 0 aromatic carbocycles. The van der Waals surface area contributed by atoms with Gasteiger partial charge in [0.1, 0.15) is 0 Å². The molecule has 1 fully saturated rings. The maximum Gasteiger partial charge on any atom is 0.227 e. The Morgan fingerprint density at radius 3 is 3.05 bits per heavy atom. The highest BCUT2D eigenvalue weighted by Gasteiger charge is 2.26. The first-order valence-corrected chi connectivity index (χ1v) is 8.91. The molecule has 2 aromatic rings. The van der Waals surface area contributed by atoms with Gasteiger partial charge in [0.25, 0.3) is 0 Å². The number of likely N-dealkylation sites (tertiary alicyclic amines) is 1. The fraction of sp³-hybridized carbons (Fsp3) is 0.444. The lowest BCUT2D eigenvalue weighted by Crippen LogP contribution is -2.44. The SMILES string of the molecule is O=C(Cc1cccnc1)N1CCCCC1CCc1cccs1. The van der Waals surface area contributed by atoms with Gasteiger partial charge < -0.3 is 4.90 Å². The van der Waals surface area contributed by atoms with E-state index < -0.39 is 0 Å². The van der Waals surface area contributed by atoms with Gasteiger partial charge in [0.2, 0.25) is 5.91 Å². The predicted molar refractivity (Wildman–Crippen MR) is 89.9 cm³/mol. The molecule has 1 unspecified atom stereocenters. The van der Waals surface area contributed by atoms with E-state index >= 15 is 0 Å². The van der Waals surface area contributed by atoms with Crippen molar-refractivity contribution in [1.82, 2.24) is 9.88 Å². The Morgan fingerprint density at radius 1 is 1.32 bits per heavy atom. The fourth-order valence-corrected chi connectivity index (χ4v) is 3.90. The molecule has 0 bridgehead atoms. The molecule has 1 saturated heterocycles. The second-order valence-corrected chi connectivity index (χ2v) is 6.93. The number of rotatable bonds is 5.